The summed E-state index contributed by atoms with van der Waals surface area (Å²) in [5, 5.41) is 0. The van der Waals surface area contributed by atoms with Crippen LogP contribution in [0.4, 0.5) is 0 Å². The minimum Gasteiger partial charge on any atom is -0.0895 e. The van der Waals surface area contributed by atoms with Crippen LogP contribution >= 0.6 is 11.8 Å². The molecule has 0 unspecified atom stereocenters. The Morgan fingerprint density at radius 3 is 2.32 bits per heavy atom. The van der Waals surface area contributed by atoms with E-state index in [2.05, 4.69) is 63.2 Å². The van der Waals surface area contributed by atoms with Crippen LogP contribution in [0.5, 0.6) is 0 Å². The van der Waals surface area contributed by atoms with Crippen molar-refractivity contribution in [1.82, 2.24) is 0 Å². The predicted molar refractivity (Wildman–Crippen MR) is 83.1 cm³/mol. The van der Waals surface area contributed by atoms with E-state index in [0.29, 0.717) is 0 Å². The molecule has 1 aliphatic heterocycles. The lowest BCUT2D eigenvalue weighted by atomic mass is 9.70. The van der Waals surface area contributed by atoms with Gasteiger partial charge in [0.05, 0.1) is 0 Å². The molecule has 1 aliphatic rings. The second-order valence-corrected chi connectivity index (χ2v) is 6.47. The van der Waals surface area contributed by atoms with Gasteiger partial charge in [0.1, 0.15) is 0 Å². The van der Waals surface area contributed by atoms with Crippen molar-refractivity contribution in [3.8, 4) is 0 Å². The number of rotatable bonds is 2. The molecular formula is C18H20S. The van der Waals surface area contributed by atoms with Crippen LogP contribution in [0.15, 0.2) is 52.3 Å². The molecule has 0 saturated heterocycles. The van der Waals surface area contributed by atoms with Gasteiger partial charge in [-0.2, -0.15) is 0 Å². The highest BCUT2D eigenvalue weighted by molar-refractivity contribution is 7.99. The SMILES string of the molecule is CCC1(CC)c2ccccc2Sc2ccc(C)cc21. The van der Waals surface area contributed by atoms with Gasteiger partial charge in [-0.1, -0.05) is 61.5 Å². The second-order valence-electron chi connectivity index (χ2n) is 5.39. The maximum atomic E-state index is 2.39. The third-order valence-electron chi connectivity index (χ3n) is 4.48. The van der Waals surface area contributed by atoms with Crippen molar-refractivity contribution in [2.45, 2.75) is 48.8 Å². The first kappa shape index (κ1) is 12.8. The van der Waals surface area contributed by atoms with E-state index in [-0.39, 0.29) is 5.41 Å². The molecule has 0 fully saturated rings. The molecular weight excluding hydrogens is 248 g/mol. The number of hydrogen-bond donors (Lipinski definition) is 0. The Morgan fingerprint density at radius 2 is 1.58 bits per heavy atom. The molecule has 0 nitrogen and oxygen atoms in total. The molecule has 0 spiro atoms. The fraction of sp³-hybridized carbons (Fsp3) is 0.333. The topological polar surface area (TPSA) is 0 Å². The van der Waals surface area contributed by atoms with Gasteiger partial charge in [0, 0.05) is 15.2 Å². The van der Waals surface area contributed by atoms with E-state index < -0.39 is 0 Å². The van der Waals surface area contributed by atoms with Gasteiger partial charge in [0.2, 0.25) is 0 Å². The lowest BCUT2D eigenvalue weighted by Crippen LogP contribution is -2.29. The number of benzene rings is 2. The van der Waals surface area contributed by atoms with Gasteiger partial charge in [-0.25, -0.2) is 0 Å². The highest BCUT2D eigenvalue weighted by Gasteiger charge is 2.37. The van der Waals surface area contributed by atoms with Gasteiger partial charge in [-0.3, -0.25) is 0 Å². The van der Waals surface area contributed by atoms with Gasteiger partial charge in [-0.15, -0.1) is 0 Å². The number of aryl methyl sites for hydroxylation is 1. The van der Waals surface area contributed by atoms with Crippen LogP contribution in [0.25, 0.3) is 0 Å². The summed E-state index contributed by atoms with van der Waals surface area (Å²) in [5.74, 6) is 0. The molecule has 1 heteroatoms. The summed E-state index contributed by atoms with van der Waals surface area (Å²) in [4.78, 5) is 2.87. The molecule has 1 heterocycles. The molecule has 2 aromatic carbocycles. The summed E-state index contributed by atoms with van der Waals surface area (Å²) in [6.07, 6.45) is 2.33. The maximum Gasteiger partial charge on any atom is 0.0220 e. The third-order valence-corrected chi connectivity index (χ3v) is 5.63. The zero-order chi connectivity index (χ0) is 13.5. The van der Waals surface area contributed by atoms with Crippen LogP contribution < -0.4 is 0 Å². The normalized spacial score (nSPS) is 15.7. The second kappa shape index (κ2) is 4.72. The van der Waals surface area contributed by atoms with Crippen molar-refractivity contribution in [3.05, 3.63) is 59.2 Å². The van der Waals surface area contributed by atoms with Crippen LogP contribution in [0, 0.1) is 6.92 Å². The molecule has 0 saturated carbocycles. The van der Waals surface area contributed by atoms with Gasteiger partial charge < -0.3 is 0 Å². The van der Waals surface area contributed by atoms with Crippen molar-refractivity contribution in [2.24, 2.45) is 0 Å². The Balaban J connectivity index is 2.31. The first-order valence-corrected chi connectivity index (χ1v) is 7.91. The van der Waals surface area contributed by atoms with Crippen LogP contribution in [0.2, 0.25) is 0 Å². The van der Waals surface area contributed by atoms with E-state index >= 15 is 0 Å². The minimum absolute atomic E-state index is 0.198. The van der Waals surface area contributed by atoms with Gasteiger partial charge in [-0.05, 0) is 43.0 Å². The van der Waals surface area contributed by atoms with Gasteiger partial charge in [0.25, 0.3) is 0 Å². The molecule has 0 aromatic heterocycles. The largest absolute Gasteiger partial charge is 0.0895 e. The molecule has 19 heavy (non-hydrogen) atoms. The molecule has 0 aliphatic carbocycles. The van der Waals surface area contributed by atoms with Crippen molar-refractivity contribution in [3.63, 3.8) is 0 Å². The van der Waals surface area contributed by atoms with Crippen molar-refractivity contribution in [2.75, 3.05) is 0 Å². The lowest BCUT2D eigenvalue weighted by molar-refractivity contribution is 0.458. The smallest absolute Gasteiger partial charge is 0.0220 e. The number of fused-ring (bicyclic) bond motifs is 2. The molecule has 0 amide bonds. The standard InChI is InChI=1S/C18H20S/c1-4-18(5-2)14-8-6-7-9-16(14)19-17-11-10-13(3)12-15(17)18/h6-12H,4-5H2,1-3H3. The van der Waals surface area contributed by atoms with Gasteiger partial charge >= 0.3 is 0 Å². The van der Waals surface area contributed by atoms with E-state index in [9.17, 15) is 0 Å². The Kier molecular flexibility index (Phi) is 3.18. The number of hydrogen-bond acceptors (Lipinski definition) is 1. The molecule has 0 N–H and O–H groups in total. The fourth-order valence-electron chi connectivity index (χ4n) is 3.33. The lowest BCUT2D eigenvalue weighted by Gasteiger charge is -2.39. The van der Waals surface area contributed by atoms with Crippen LogP contribution in [-0.4, -0.2) is 0 Å². The average Bonchev–Trinajstić information content (AvgIpc) is 2.45. The first-order valence-electron chi connectivity index (χ1n) is 7.09. The summed E-state index contributed by atoms with van der Waals surface area (Å²) >= 11 is 1.92. The minimum atomic E-state index is 0.198. The zero-order valence-corrected chi connectivity index (χ0v) is 12.7. The molecule has 0 atom stereocenters. The average molecular weight is 268 g/mol. The Labute approximate surface area is 120 Å². The van der Waals surface area contributed by atoms with E-state index in [1.807, 2.05) is 11.8 Å². The monoisotopic (exact) mass is 268 g/mol. The van der Waals surface area contributed by atoms with E-state index in [1.165, 1.54) is 26.5 Å². The quantitative estimate of drug-likeness (QED) is 0.686. The van der Waals surface area contributed by atoms with Crippen molar-refractivity contribution in [1.29, 1.82) is 0 Å². The molecule has 2 aromatic rings. The summed E-state index contributed by atoms with van der Waals surface area (Å²) in [6.45, 7) is 6.84. The highest BCUT2D eigenvalue weighted by Crippen LogP contribution is 2.52. The summed E-state index contributed by atoms with van der Waals surface area (Å²) in [5.41, 5.74) is 4.61. The molecule has 0 radical (unpaired) electrons. The van der Waals surface area contributed by atoms with Crippen LogP contribution in [0.1, 0.15) is 43.4 Å². The Hall–Kier alpha value is -1.21. The van der Waals surface area contributed by atoms with Crippen LogP contribution in [-0.2, 0) is 5.41 Å². The predicted octanol–water partition coefficient (Wildman–Crippen LogP) is 5.57. The fourth-order valence-corrected chi connectivity index (χ4v) is 4.59. The summed E-state index contributed by atoms with van der Waals surface area (Å²) < 4.78 is 0. The van der Waals surface area contributed by atoms with Crippen LogP contribution in [0.3, 0.4) is 0 Å². The Bertz CT molecular complexity index is 609. The zero-order valence-electron chi connectivity index (χ0n) is 11.9. The maximum absolute atomic E-state index is 2.39. The molecule has 0 bridgehead atoms. The van der Waals surface area contributed by atoms with Crippen molar-refractivity contribution < 1.29 is 0 Å². The summed E-state index contributed by atoms with van der Waals surface area (Å²) in [6, 6.07) is 15.8. The van der Waals surface area contributed by atoms with E-state index in [1.54, 1.807) is 0 Å². The molecule has 98 valence electrons. The highest BCUT2D eigenvalue weighted by atomic mass is 32.2. The van der Waals surface area contributed by atoms with Gasteiger partial charge in [0.15, 0.2) is 0 Å². The summed E-state index contributed by atoms with van der Waals surface area (Å²) in [7, 11) is 0. The van der Waals surface area contributed by atoms with E-state index in [4.69, 9.17) is 0 Å². The van der Waals surface area contributed by atoms with E-state index in [0.717, 1.165) is 12.8 Å². The first-order chi connectivity index (χ1) is 9.21. The third kappa shape index (κ3) is 1.83. The Morgan fingerprint density at radius 1 is 0.895 bits per heavy atom. The molecule has 3 rings (SSSR count). The van der Waals surface area contributed by atoms with Crippen molar-refractivity contribution >= 4 is 11.8 Å².